The van der Waals surface area contributed by atoms with Crippen LogP contribution in [0.1, 0.15) is 37.7 Å². The summed E-state index contributed by atoms with van der Waals surface area (Å²) in [6.45, 7) is 0. The van der Waals surface area contributed by atoms with E-state index in [1.54, 1.807) is 0 Å². The van der Waals surface area contributed by atoms with Gasteiger partial charge in [-0.1, -0.05) is 18.2 Å². The van der Waals surface area contributed by atoms with Gasteiger partial charge in [-0.2, -0.15) is 0 Å². The van der Waals surface area contributed by atoms with Crippen molar-refractivity contribution >= 4 is 23.5 Å². The van der Waals surface area contributed by atoms with Gasteiger partial charge in [0.25, 0.3) is 0 Å². The Morgan fingerprint density at radius 2 is 2.04 bits per heavy atom. The Morgan fingerprint density at radius 3 is 2.79 bits per heavy atom. The van der Waals surface area contributed by atoms with Crippen LogP contribution in [0.3, 0.4) is 0 Å². The van der Waals surface area contributed by atoms with Crippen molar-refractivity contribution in [3.05, 3.63) is 29.8 Å². The van der Waals surface area contributed by atoms with Crippen LogP contribution < -0.4 is 10.6 Å². The number of anilines is 1. The zero-order chi connectivity index (χ0) is 17.1. The molecule has 128 valence electrons. The Morgan fingerprint density at radius 1 is 1.25 bits per heavy atom. The van der Waals surface area contributed by atoms with Crippen LogP contribution in [0, 0.1) is 11.8 Å². The molecule has 1 aromatic carbocycles. The van der Waals surface area contributed by atoms with E-state index in [0.29, 0.717) is 32.1 Å². The summed E-state index contributed by atoms with van der Waals surface area (Å²) in [5.41, 5.74) is 1.96. The highest BCUT2D eigenvalue weighted by Crippen LogP contribution is 2.28. The molecule has 3 atom stereocenters. The number of hydrogen-bond donors (Lipinski definition) is 3. The largest absolute Gasteiger partial charge is 0.481 e. The van der Waals surface area contributed by atoms with E-state index in [2.05, 4.69) is 10.6 Å². The highest BCUT2D eigenvalue weighted by molar-refractivity contribution is 5.96. The minimum absolute atomic E-state index is 0.0340. The highest BCUT2D eigenvalue weighted by Gasteiger charge is 2.31. The SMILES string of the molecule is O=C(CCC1Cc2ccccc2NC1=O)N[C@@H]1CC[C@H](C(=O)O)C1. The number of carbonyl (C=O) groups excluding carboxylic acids is 2. The van der Waals surface area contributed by atoms with E-state index < -0.39 is 5.97 Å². The maximum Gasteiger partial charge on any atom is 0.306 e. The van der Waals surface area contributed by atoms with Crippen molar-refractivity contribution < 1.29 is 19.5 Å². The number of amides is 2. The number of para-hydroxylation sites is 1. The van der Waals surface area contributed by atoms with E-state index in [9.17, 15) is 14.4 Å². The second-order valence-corrected chi connectivity index (χ2v) is 6.70. The smallest absolute Gasteiger partial charge is 0.306 e. The fraction of sp³-hybridized carbons (Fsp3) is 0.500. The molecule has 0 bridgehead atoms. The predicted molar refractivity (Wildman–Crippen MR) is 88.4 cm³/mol. The molecule has 1 aromatic rings. The van der Waals surface area contributed by atoms with Crippen LogP contribution in [0.2, 0.25) is 0 Å². The first-order chi connectivity index (χ1) is 11.5. The lowest BCUT2D eigenvalue weighted by molar-refractivity contribution is -0.141. The van der Waals surface area contributed by atoms with Gasteiger partial charge in [-0.05, 0) is 43.7 Å². The monoisotopic (exact) mass is 330 g/mol. The Balaban J connectivity index is 1.47. The Bertz CT molecular complexity index is 658. The number of carboxylic acids is 1. The first-order valence-electron chi connectivity index (χ1n) is 8.44. The van der Waals surface area contributed by atoms with Crippen molar-refractivity contribution in [2.24, 2.45) is 11.8 Å². The normalized spacial score (nSPS) is 25.7. The van der Waals surface area contributed by atoms with Crippen molar-refractivity contribution in [2.45, 2.75) is 44.6 Å². The van der Waals surface area contributed by atoms with Gasteiger partial charge in [0, 0.05) is 24.1 Å². The summed E-state index contributed by atoms with van der Waals surface area (Å²) >= 11 is 0. The molecule has 0 radical (unpaired) electrons. The lowest BCUT2D eigenvalue weighted by Gasteiger charge is -2.24. The molecular formula is C18H22N2O4. The number of aliphatic carboxylic acids is 1. The van der Waals surface area contributed by atoms with Crippen LogP contribution in [-0.4, -0.2) is 28.9 Å². The molecule has 1 heterocycles. The van der Waals surface area contributed by atoms with Gasteiger partial charge >= 0.3 is 5.97 Å². The zero-order valence-electron chi connectivity index (χ0n) is 13.5. The molecule has 1 aliphatic heterocycles. The molecule has 0 saturated heterocycles. The van der Waals surface area contributed by atoms with Gasteiger partial charge in [0.15, 0.2) is 0 Å². The van der Waals surface area contributed by atoms with Crippen LogP contribution in [-0.2, 0) is 20.8 Å². The average Bonchev–Trinajstić information content (AvgIpc) is 3.01. The Labute approximate surface area is 140 Å². The summed E-state index contributed by atoms with van der Waals surface area (Å²) in [4.78, 5) is 35.1. The second-order valence-electron chi connectivity index (χ2n) is 6.70. The molecule has 2 amide bonds. The number of hydrogen-bond acceptors (Lipinski definition) is 3. The molecule has 6 heteroatoms. The number of fused-ring (bicyclic) bond motifs is 1. The summed E-state index contributed by atoms with van der Waals surface area (Å²) < 4.78 is 0. The third-order valence-corrected chi connectivity index (χ3v) is 4.98. The Kier molecular flexibility index (Phi) is 4.83. The van der Waals surface area contributed by atoms with E-state index in [1.807, 2.05) is 24.3 Å². The van der Waals surface area contributed by atoms with Crippen molar-refractivity contribution in [2.75, 3.05) is 5.32 Å². The van der Waals surface area contributed by atoms with Crippen LogP contribution in [0.5, 0.6) is 0 Å². The quantitative estimate of drug-likeness (QED) is 0.769. The van der Waals surface area contributed by atoms with Gasteiger partial charge in [-0.25, -0.2) is 0 Å². The van der Waals surface area contributed by atoms with E-state index in [-0.39, 0.29) is 36.1 Å². The molecule has 0 aromatic heterocycles. The molecule has 0 spiro atoms. The first-order valence-corrected chi connectivity index (χ1v) is 8.44. The zero-order valence-corrected chi connectivity index (χ0v) is 13.5. The van der Waals surface area contributed by atoms with Crippen molar-refractivity contribution in [1.82, 2.24) is 5.32 Å². The van der Waals surface area contributed by atoms with E-state index in [1.165, 1.54) is 0 Å². The van der Waals surface area contributed by atoms with Crippen molar-refractivity contribution in [3.63, 3.8) is 0 Å². The minimum atomic E-state index is -0.788. The number of rotatable bonds is 5. The maximum absolute atomic E-state index is 12.1. The van der Waals surface area contributed by atoms with Gasteiger partial charge in [0.05, 0.1) is 5.92 Å². The Hall–Kier alpha value is -2.37. The first kappa shape index (κ1) is 16.5. The second kappa shape index (κ2) is 7.03. The van der Waals surface area contributed by atoms with Crippen LogP contribution in [0.15, 0.2) is 24.3 Å². The van der Waals surface area contributed by atoms with E-state index >= 15 is 0 Å². The van der Waals surface area contributed by atoms with Crippen molar-refractivity contribution in [1.29, 1.82) is 0 Å². The van der Waals surface area contributed by atoms with Gasteiger partial charge < -0.3 is 15.7 Å². The molecule has 1 fully saturated rings. The van der Waals surface area contributed by atoms with Gasteiger partial charge in [0.1, 0.15) is 0 Å². The third kappa shape index (κ3) is 3.75. The molecule has 3 rings (SSSR count). The fourth-order valence-electron chi connectivity index (χ4n) is 3.59. The number of carbonyl (C=O) groups is 3. The van der Waals surface area contributed by atoms with Gasteiger partial charge in [-0.15, -0.1) is 0 Å². The van der Waals surface area contributed by atoms with Crippen LogP contribution in [0.4, 0.5) is 5.69 Å². The standard InChI is InChI=1S/C18H22N2O4/c21-16(19-14-7-5-13(10-14)18(23)24)8-6-12-9-11-3-1-2-4-15(11)20-17(12)22/h1-4,12-14H,5-10H2,(H,19,21)(H,20,22)(H,23,24)/t12?,13-,14+/m0/s1. The number of carboxylic acid groups (broad SMARTS) is 1. The summed E-state index contributed by atoms with van der Waals surface area (Å²) in [6.07, 6.45) is 3.26. The lowest BCUT2D eigenvalue weighted by atomic mass is 9.89. The summed E-state index contributed by atoms with van der Waals surface area (Å²) in [7, 11) is 0. The number of nitrogens with one attached hydrogen (secondary N) is 2. The summed E-state index contributed by atoms with van der Waals surface area (Å²) in [5.74, 6) is -1.47. The average molecular weight is 330 g/mol. The van der Waals surface area contributed by atoms with E-state index in [4.69, 9.17) is 5.11 Å². The van der Waals surface area contributed by atoms with Crippen LogP contribution >= 0.6 is 0 Å². The predicted octanol–water partition coefficient (Wildman–Crippen LogP) is 1.95. The molecule has 1 aliphatic carbocycles. The van der Waals surface area contributed by atoms with E-state index in [0.717, 1.165) is 11.3 Å². The highest BCUT2D eigenvalue weighted by atomic mass is 16.4. The fourth-order valence-corrected chi connectivity index (χ4v) is 3.59. The summed E-state index contributed by atoms with van der Waals surface area (Å²) in [5, 5.41) is 14.8. The minimum Gasteiger partial charge on any atom is -0.481 e. The van der Waals surface area contributed by atoms with Crippen LogP contribution in [0.25, 0.3) is 0 Å². The molecule has 6 nitrogen and oxygen atoms in total. The molecule has 24 heavy (non-hydrogen) atoms. The van der Waals surface area contributed by atoms with Gasteiger partial charge in [0.2, 0.25) is 11.8 Å². The molecular weight excluding hydrogens is 308 g/mol. The van der Waals surface area contributed by atoms with Gasteiger partial charge in [-0.3, -0.25) is 14.4 Å². The third-order valence-electron chi connectivity index (χ3n) is 4.98. The molecule has 1 unspecified atom stereocenters. The maximum atomic E-state index is 12.1. The topological polar surface area (TPSA) is 95.5 Å². The lowest BCUT2D eigenvalue weighted by Crippen LogP contribution is -2.35. The molecule has 3 N–H and O–H groups in total. The molecule has 1 saturated carbocycles. The van der Waals surface area contributed by atoms with Crippen molar-refractivity contribution in [3.8, 4) is 0 Å². The molecule has 2 aliphatic rings. The summed E-state index contributed by atoms with van der Waals surface area (Å²) in [6, 6.07) is 7.65. The number of benzene rings is 1.